The Kier molecular flexibility index (Phi) is 13.1. The summed E-state index contributed by atoms with van der Waals surface area (Å²) in [6.45, 7) is 12.5. The van der Waals surface area contributed by atoms with E-state index in [9.17, 15) is 4.79 Å². The van der Waals surface area contributed by atoms with Gasteiger partial charge in [-0.15, -0.1) is 0 Å². The molecule has 0 unspecified atom stereocenters. The lowest BCUT2D eigenvalue weighted by atomic mass is 10.1. The minimum Gasteiger partial charge on any atom is -0.365 e. The second-order valence-corrected chi connectivity index (χ2v) is 8.99. The summed E-state index contributed by atoms with van der Waals surface area (Å²) in [7, 11) is 0. The zero-order valence-corrected chi connectivity index (χ0v) is 21.9. The Balaban J connectivity index is 1.65. The predicted molar refractivity (Wildman–Crippen MR) is 146 cm³/mol. The number of carbonyl (C=O) groups is 1. The van der Waals surface area contributed by atoms with E-state index < -0.39 is 0 Å². The van der Waals surface area contributed by atoms with Gasteiger partial charge in [0.05, 0.1) is 0 Å². The lowest BCUT2D eigenvalue weighted by Crippen LogP contribution is -2.26. The number of nitrogens with zero attached hydrogens (tertiary/aromatic N) is 2. The molecule has 0 aromatic heterocycles. The summed E-state index contributed by atoms with van der Waals surface area (Å²) in [6, 6.07) is 0. The molecule has 0 saturated heterocycles. The summed E-state index contributed by atoms with van der Waals surface area (Å²) < 4.78 is 0. The number of allylic oxidation sites excluding steroid dienone is 10. The summed E-state index contributed by atoms with van der Waals surface area (Å²) in [5.41, 5.74) is 4.78. The molecular weight excluding hydrogens is 418 g/mol. The van der Waals surface area contributed by atoms with Crippen LogP contribution in [0.5, 0.6) is 0 Å². The molecule has 1 aliphatic carbocycles. The summed E-state index contributed by atoms with van der Waals surface area (Å²) in [5, 5.41) is 3.44. The van der Waals surface area contributed by atoms with E-state index in [4.69, 9.17) is 0 Å². The highest BCUT2D eigenvalue weighted by Crippen LogP contribution is 2.26. The van der Waals surface area contributed by atoms with Crippen LogP contribution in [0.1, 0.15) is 72.6 Å². The molecule has 1 heterocycles. The van der Waals surface area contributed by atoms with E-state index >= 15 is 0 Å². The van der Waals surface area contributed by atoms with E-state index in [1.54, 1.807) is 6.92 Å². The number of hydrogen-bond acceptors (Lipinski definition) is 4. The first kappa shape index (κ1) is 27.7. The smallest absolute Gasteiger partial charge is 0.157 e. The van der Waals surface area contributed by atoms with Crippen LogP contribution in [0, 0.1) is 0 Å². The molecule has 0 radical (unpaired) electrons. The fraction of sp³-hybridized carbons (Fsp3) is 0.500. The molecule has 0 amide bonds. The fourth-order valence-electron chi connectivity index (χ4n) is 4.14. The second kappa shape index (κ2) is 16.1. The van der Waals surface area contributed by atoms with Crippen LogP contribution >= 0.6 is 0 Å². The Morgan fingerprint density at radius 1 is 1.18 bits per heavy atom. The van der Waals surface area contributed by atoms with Gasteiger partial charge in [-0.25, -0.2) is 0 Å². The van der Waals surface area contributed by atoms with Gasteiger partial charge in [0.25, 0.3) is 0 Å². The number of nitrogens with one attached hydrogen (secondary N) is 1. The van der Waals surface area contributed by atoms with Crippen molar-refractivity contribution >= 4 is 5.78 Å². The predicted octanol–water partition coefficient (Wildman–Crippen LogP) is 6.79. The van der Waals surface area contributed by atoms with E-state index in [0.717, 1.165) is 63.9 Å². The molecule has 0 spiro atoms. The van der Waals surface area contributed by atoms with Crippen molar-refractivity contribution in [3.8, 4) is 0 Å². The Morgan fingerprint density at radius 2 is 2.00 bits per heavy atom. The van der Waals surface area contributed by atoms with Gasteiger partial charge in [-0.1, -0.05) is 50.3 Å². The molecule has 2 aliphatic rings. The molecule has 4 nitrogen and oxygen atoms in total. The van der Waals surface area contributed by atoms with Gasteiger partial charge in [-0.05, 0) is 89.5 Å². The number of ketones is 1. The third-order valence-electron chi connectivity index (χ3n) is 6.36. The average Bonchev–Trinajstić information content (AvgIpc) is 3.11. The van der Waals surface area contributed by atoms with E-state index in [1.165, 1.54) is 29.8 Å². The molecule has 2 rings (SSSR count). The molecule has 0 aromatic carbocycles. The quantitative estimate of drug-likeness (QED) is 0.271. The SMILES string of the molecule is C/C=C\C=C1/CC(C(C)=O)=CN1CCCCN(CC)CCC/C=C/NC1=CC=C(CC)C=CC1. The lowest BCUT2D eigenvalue weighted by Gasteiger charge is -2.22. The van der Waals surface area contributed by atoms with Crippen molar-refractivity contribution in [1.82, 2.24) is 15.1 Å². The maximum absolute atomic E-state index is 11.8. The fourth-order valence-corrected chi connectivity index (χ4v) is 4.14. The van der Waals surface area contributed by atoms with Crippen molar-refractivity contribution in [2.75, 3.05) is 26.2 Å². The molecule has 0 fully saturated rings. The van der Waals surface area contributed by atoms with Gasteiger partial charge in [0, 0.05) is 42.6 Å². The van der Waals surface area contributed by atoms with Gasteiger partial charge in [0.15, 0.2) is 5.78 Å². The Labute approximate surface area is 208 Å². The highest BCUT2D eigenvalue weighted by molar-refractivity contribution is 5.94. The van der Waals surface area contributed by atoms with Crippen LogP contribution in [0.3, 0.4) is 0 Å². The molecular formula is C30H45N3O. The van der Waals surface area contributed by atoms with Gasteiger partial charge in [0.1, 0.15) is 0 Å². The first-order valence-electron chi connectivity index (χ1n) is 13.1. The van der Waals surface area contributed by atoms with Gasteiger partial charge in [-0.2, -0.15) is 0 Å². The number of Topliss-reactive ketones (excluding diaryl/α,β-unsaturated/α-hetero) is 1. The van der Waals surface area contributed by atoms with E-state index in [-0.39, 0.29) is 5.78 Å². The van der Waals surface area contributed by atoms with Crippen LogP contribution in [-0.2, 0) is 4.79 Å². The van der Waals surface area contributed by atoms with Crippen molar-refractivity contribution in [2.24, 2.45) is 0 Å². The minimum absolute atomic E-state index is 0.181. The molecule has 4 heteroatoms. The van der Waals surface area contributed by atoms with E-state index in [2.05, 4.69) is 83.9 Å². The van der Waals surface area contributed by atoms with Gasteiger partial charge < -0.3 is 15.1 Å². The Bertz CT molecular complexity index is 854. The Morgan fingerprint density at radius 3 is 2.74 bits per heavy atom. The number of rotatable bonds is 15. The van der Waals surface area contributed by atoms with Crippen molar-refractivity contribution in [3.63, 3.8) is 0 Å². The maximum atomic E-state index is 11.8. The maximum Gasteiger partial charge on any atom is 0.157 e. The van der Waals surface area contributed by atoms with Crippen LogP contribution in [-0.4, -0.2) is 41.8 Å². The summed E-state index contributed by atoms with van der Waals surface area (Å²) in [5.74, 6) is 0.181. The van der Waals surface area contributed by atoms with E-state index in [1.807, 2.05) is 13.0 Å². The number of unbranched alkanes of at least 4 members (excludes halogenated alkanes) is 2. The topological polar surface area (TPSA) is 35.6 Å². The highest BCUT2D eigenvalue weighted by Gasteiger charge is 2.20. The Hall–Kier alpha value is -2.59. The van der Waals surface area contributed by atoms with Crippen LogP contribution in [0.15, 0.2) is 83.5 Å². The molecule has 0 bridgehead atoms. The zero-order valence-electron chi connectivity index (χ0n) is 21.9. The molecule has 1 aliphatic heterocycles. The van der Waals surface area contributed by atoms with Gasteiger partial charge in [0.2, 0.25) is 0 Å². The molecule has 186 valence electrons. The monoisotopic (exact) mass is 463 g/mol. The van der Waals surface area contributed by atoms with Crippen molar-refractivity contribution < 1.29 is 4.79 Å². The minimum atomic E-state index is 0.181. The first-order chi connectivity index (χ1) is 16.6. The third kappa shape index (κ3) is 10.1. The second-order valence-electron chi connectivity index (χ2n) is 8.99. The average molecular weight is 464 g/mol. The van der Waals surface area contributed by atoms with Crippen LogP contribution in [0.4, 0.5) is 0 Å². The number of carbonyl (C=O) groups excluding carboxylic acids is 1. The molecule has 1 N–H and O–H groups in total. The standard InChI is InChI=1S/C30H45N3O/c1-5-8-17-30-24-28(26(4)34)25-33(30)23-13-12-22-32(7-3)21-11-9-10-20-31-29-16-14-15-27(6-2)18-19-29/h5,8,10,14-15,17-20,25,31H,6-7,9,11-13,16,21-24H2,1-4H3/b8-5-,20-10+,30-17+. The van der Waals surface area contributed by atoms with Crippen LogP contribution in [0.2, 0.25) is 0 Å². The molecule has 0 atom stereocenters. The molecule has 0 saturated carbocycles. The number of hydrogen-bond donors (Lipinski definition) is 1. The van der Waals surface area contributed by atoms with E-state index in [0.29, 0.717) is 0 Å². The van der Waals surface area contributed by atoms with Crippen molar-refractivity contribution in [3.05, 3.63) is 83.5 Å². The largest absolute Gasteiger partial charge is 0.365 e. The summed E-state index contributed by atoms with van der Waals surface area (Å²) in [4.78, 5) is 16.6. The summed E-state index contributed by atoms with van der Waals surface area (Å²) >= 11 is 0. The lowest BCUT2D eigenvalue weighted by molar-refractivity contribution is -0.113. The highest BCUT2D eigenvalue weighted by atomic mass is 16.1. The molecule has 0 aromatic rings. The zero-order chi connectivity index (χ0) is 24.6. The van der Waals surface area contributed by atoms with Crippen LogP contribution in [0.25, 0.3) is 0 Å². The molecule has 34 heavy (non-hydrogen) atoms. The van der Waals surface area contributed by atoms with Crippen LogP contribution < -0.4 is 5.32 Å². The third-order valence-corrected chi connectivity index (χ3v) is 6.36. The van der Waals surface area contributed by atoms with Crippen molar-refractivity contribution in [1.29, 1.82) is 0 Å². The van der Waals surface area contributed by atoms with Gasteiger partial charge in [-0.3, -0.25) is 4.79 Å². The van der Waals surface area contributed by atoms with Gasteiger partial charge >= 0.3 is 0 Å². The normalized spacial score (nSPS) is 17.6. The summed E-state index contributed by atoms with van der Waals surface area (Å²) in [6.07, 6.45) is 28.9. The van der Waals surface area contributed by atoms with Crippen molar-refractivity contribution in [2.45, 2.75) is 72.6 Å². The first-order valence-corrected chi connectivity index (χ1v) is 13.1.